The van der Waals surface area contributed by atoms with E-state index >= 15 is 0 Å². The second-order valence-electron chi connectivity index (χ2n) is 6.29. The van der Waals surface area contributed by atoms with Gasteiger partial charge in [0.15, 0.2) is 5.78 Å². The van der Waals surface area contributed by atoms with E-state index in [1.165, 1.54) is 4.57 Å². The first-order valence-electron chi connectivity index (χ1n) is 7.39. The Balaban J connectivity index is 2.14. The zero-order valence-corrected chi connectivity index (χ0v) is 12.8. The molecule has 4 nitrogen and oxygen atoms in total. The Hall–Kier alpha value is -2.49. The van der Waals surface area contributed by atoms with E-state index in [4.69, 9.17) is 4.99 Å². The molecule has 0 N–H and O–H groups in total. The number of ketones is 1. The van der Waals surface area contributed by atoms with Gasteiger partial charge in [0.1, 0.15) is 0 Å². The van der Waals surface area contributed by atoms with Crippen molar-refractivity contribution in [2.45, 2.75) is 19.3 Å². The summed E-state index contributed by atoms with van der Waals surface area (Å²) < 4.78 is 1.51. The van der Waals surface area contributed by atoms with Crippen molar-refractivity contribution in [2.24, 2.45) is 18.0 Å². The van der Waals surface area contributed by atoms with E-state index < -0.39 is 5.41 Å². The smallest absolute Gasteiger partial charge is 0.260 e. The summed E-state index contributed by atoms with van der Waals surface area (Å²) >= 11 is 0. The first-order chi connectivity index (χ1) is 10.5. The highest BCUT2D eigenvalue weighted by Gasteiger charge is 2.52. The Bertz CT molecular complexity index is 923. The van der Waals surface area contributed by atoms with Crippen molar-refractivity contribution in [1.82, 2.24) is 4.57 Å². The minimum atomic E-state index is -0.534. The Morgan fingerprint density at radius 3 is 2.68 bits per heavy atom. The maximum Gasteiger partial charge on any atom is 0.260 e. The number of Topliss-reactive ketones (excluding diaryl/α,β-unsaturated/α-hetero) is 1. The van der Waals surface area contributed by atoms with Crippen LogP contribution in [0.1, 0.15) is 35.3 Å². The number of pyridine rings is 1. The summed E-state index contributed by atoms with van der Waals surface area (Å²) in [6.45, 7) is 3.95. The van der Waals surface area contributed by atoms with E-state index in [1.54, 1.807) is 19.3 Å². The summed E-state index contributed by atoms with van der Waals surface area (Å²) in [4.78, 5) is 30.2. The summed E-state index contributed by atoms with van der Waals surface area (Å²) in [5, 5.41) is 0. The van der Waals surface area contributed by atoms with Gasteiger partial charge in [-0.3, -0.25) is 14.6 Å². The molecule has 2 heterocycles. The molecule has 2 aliphatic rings. The van der Waals surface area contributed by atoms with Gasteiger partial charge in [0, 0.05) is 30.1 Å². The molecule has 1 aliphatic heterocycles. The number of carbonyl (C=O) groups excluding carboxylic acids is 1. The highest BCUT2D eigenvalue weighted by Crippen LogP contribution is 2.49. The first kappa shape index (κ1) is 13.2. The van der Waals surface area contributed by atoms with Crippen LogP contribution in [0.4, 0.5) is 5.69 Å². The van der Waals surface area contributed by atoms with E-state index in [2.05, 4.69) is 0 Å². The summed E-state index contributed by atoms with van der Waals surface area (Å²) in [5.74, 6) is -0.222. The van der Waals surface area contributed by atoms with Gasteiger partial charge in [-0.2, -0.15) is 0 Å². The number of fused-ring (bicyclic) bond motifs is 5. The minimum absolute atomic E-state index is 0.0193. The summed E-state index contributed by atoms with van der Waals surface area (Å²) in [5.41, 5.74) is 2.90. The van der Waals surface area contributed by atoms with Gasteiger partial charge >= 0.3 is 0 Å². The molecule has 0 saturated heterocycles. The number of para-hydroxylation sites is 1. The maximum absolute atomic E-state index is 12.8. The molecule has 22 heavy (non-hydrogen) atoms. The average molecular weight is 292 g/mol. The second kappa shape index (κ2) is 4.03. The molecule has 110 valence electrons. The number of aromatic nitrogens is 1. The predicted molar refractivity (Wildman–Crippen MR) is 85.2 cm³/mol. The van der Waals surface area contributed by atoms with Gasteiger partial charge in [-0.05, 0) is 24.6 Å². The first-order valence-corrected chi connectivity index (χ1v) is 7.39. The van der Waals surface area contributed by atoms with E-state index in [9.17, 15) is 9.59 Å². The molecule has 0 bridgehead atoms. The van der Waals surface area contributed by atoms with Gasteiger partial charge < -0.3 is 4.57 Å². The molecule has 1 aliphatic carbocycles. The SMILES string of the molecule is C[C@H]1C(=O)c2ccn(C)c(=O)c2C2=Nc3ccccc3[C@]21C. The van der Waals surface area contributed by atoms with Gasteiger partial charge in [0.05, 0.1) is 17.0 Å². The highest BCUT2D eigenvalue weighted by atomic mass is 16.1. The molecule has 4 rings (SSSR count). The van der Waals surface area contributed by atoms with Crippen LogP contribution in [0.3, 0.4) is 0 Å². The Kier molecular flexibility index (Phi) is 2.42. The second-order valence-corrected chi connectivity index (χ2v) is 6.29. The molecule has 0 fully saturated rings. The van der Waals surface area contributed by atoms with Crippen molar-refractivity contribution in [3.05, 3.63) is 63.6 Å². The summed E-state index contributed by atoms with van der Waals surface area (Å²) in [6, 6.07) is 9.57. The molecule has 0 saturated carbocycles. The van der Waals surface area contributed by atoms with Crippen LogP contribution in [0.25, 0.3) is 0 Å². The van der Waals surface area contributed by atoms with E-state index in [-0.39, 0.29) is 17.3 Å². The third-order valence-corrected chi connectivity index (χ3v) is 5.22. The molecule has 1 aromatic carbocycles. The lowest BCUT2D eigenvalue weighted by molar-refractivity contribution is 0.0893. The molecule has 1 aromatic heterocycles. The van der Waals surface area contributed by atoms with Gasteiger partial charge in [-0.25, -0.2) is 0 Å². The van der Waals surface area contributed by atoms with E-state index in [1.807, 2.05) is 38.1 Å². The number of rotatable bonds is 0. The molecule has 4 heteroatoms. The van der Waals surface area contributed by atoms with Gasteiger partial charge in [0.25, 0.3) is 5.56 Å². The van der Waals surface area contributed by atoms with Gasteiger partial charge in [0.2, 0.25) is 0 Å². The number of aliphatic imine (C=N–C) groups is 1. The molecule has 2 atom stereocenters. The lowest BCUT2D eigenvalue weighted by atomic mass is 9.62. The summed E-state index contributed by atoms with van der Waals surface area (Å²) in [7, 11) is 1.70. The van der Waals surface area contributed by atoms with Crippen LogP contribution in [0, 0.1) is 5.92 Å². The third-order valence-electron chi connectivity index (χ3n) is 5.22. The Morgan fingerprint density at radius 2 is 1.91 bits per heavy atom. The lowest BCUT2D eigenvalue weighted by Gasteiger charge is -2.37. The Morgan fingerprint density at radius 1 is 1.18 bits per heavy atom. The molecule has 0 amide bonds. The lowest BCUT2D eigenvalue weighted by Crippen LogP contribution is -2.49. The monoisotopic (exact) mass is 292 g/mol. The van der Waals surface area contributed by atoms with Crippen LogP contribution >= 0.6 is 0 Å². The van der Waals surface area contributed by atoms with Gasteiger partial charge in [-0.1, -0.05) is 25.1 Å². The van der Waals surface area contributed by atoms with E-state index in [0.717, 1.165) is 17.0 Å². The number of carbonyl (C=O) groups is 1. The van der Waals surface area contributed by atoms with Crippen molar-refractivity contribution in [2.75, 3.05) is 0 Å². The zero-order chi connectivity index (χ0) is 15.6. The highest BCUT2D eigenvalue weighted by molar-refractivity contribution is 6.24. The maximum atomic E-state index is 12.8. The van der Waals surface area contributed by atoms with Gasteiger partial charge in [-0.15, -0.1) is 0 Å². The Labute approximate surface area is 128 Å². The van der Waals surface area contributed by atoms with Crippen LogP contribution in [-0.4, -0.2) is 16.1 Å². The number of nitrogens with zero attached hydrogens (tertiary/aromatic N) is 2. The molecule has 0 radical (unpaired) electrons. The van der Waals surface area contributed by atoms with Crippen LogP contribution in [0.2, 0.25) is 0 Å². The molecular weight excluding hydrogens is 276 g/mol. The summed E-state index contributed by atoms with van der Waals surface area (Å²) in [6.07, 6.45) is 1.65. The molecular formula is C18H16N2O2. The normalized spacial score (nSPS) is 25.3. The van der Waals surface area contributed by atoms with Crippen molar-refractivity contribution in [1.29, 1.82) is 0 Å². The van der Waals surface area contributed by atoms with Crippen LogP contribution in [0.5, 0.6) is 0 Å². The third kappa shape index (κ3) is 1.35. The topological polar surface area (TPSA) is 51.4 Å². The van der Waals surface area contributed by atoms with Crippen molar-refractivity contribution in [3.8, 4) is 0 Å². The zero-order valence-electron chi connectivity index (χ0n) is 12.8. The molecule has 2 aromatic rings. The van der Waals surface area contributed by atoms with Crippen LogP contribution < -0.4 is 5.56 Å². The largest absolute Gasteiger partial charge is 0.318 e. The fourth-order valence-corrected chi connectivity index (χ4v) is 3.69. The van der Waals surface area contributed by atoms with Crippen molar-refractivity contribution >= 4 is 17.2 Å². The van der Waals surface area contributed by atoms with Crippen LogP contribution in [0.15, 0.2) is 46.3 Å². The molecule has 0 unspecified atom stereocenters. The number of aryl methyl sites for hydroxylation is 1. The number of hydrogen-bond acceptors (Lipinski definition) is 3. The fraction of sp³-hybridized carbons (Fsp3) is 0.278. The molecule has 0 spiro atoms. The minimum Gasteiger partial charge on any atom is -0.318 e. The standard InChI is InChI=1S/C18H16N2O2/c1-10-15(21)11-8-9-20(3)17(22)14(11)16-18(10,2)12-6-4-5-7-13(12)19-16/h4-10H,1-3H3/t10-,18+/m0/s1. The number of benzene rings is 1. The quantitative estimate of drug-likeness (QED) is 0.749. The van der Waals surface area contributed by atoms with Crippen molar-refractivity contribution in [3.63, 3.8) is 0 Å². The fourth-order valence-electron chi connectivity index (χ4n) is 3.69. The number of hydrogen-bond donors (Lipinski definition) is 0. The van der Waals surface area contributed by atoms with Crippen molar-refractivity contribution < 1.29 is 4.79 Å². The average Bonchev–Trinajstić information content (AvgIpc) is 2.82. The van der Waals surface area contributed by atoms with Crippen LogP contribution in [-0.2, 0) is 12.5 Å². The van der Waals surface area contributed by atoms with E-state index in [0.29, 0.717) is 11.1 Å². The predicted octanol–water partition coefficient (Wildman–Crippen LogP) is 2.61.